The Morgan fingerprint density at radius 2 is 2.11 bits per heavy atom. The van der Waals surface area contributed by atoms with Crippen LogP contribution >= 0.6 is 0 Å². The first-order valence-electron chi connectivity index (χ1n) is 6.37. The van der Waals surface area contributed by atoms with E-state index in [9.17, 15) is 18.0 Å². The van der Waals surface area contributed by atoms with E-state index >= 15 is 0 Å². The monoisotopic (exact) mass is 273 g/mol. The maximum atomic E-state index is 13.2. The molecule has 1 aliphatic heterocycles. The van der Waals surface area contributed by atoms with Gasteiger partial charge in [0.1, 0.15) is 5.41 Å². The highest BCUT2D eigenvalue weighted by molar-refractivity contribution is 5.99. The van der Waals surface area contributed by atoms with Crippen LogP contribution in [0, 0.1) is 5.41 Å². The summed E-state index contributed by atoms with van der Waals surface area (Å²) in [5.74, 6) is -0.811. The van der Waals surface area contributed by atoms with Crippen LogP contribution in [0.5, 0.6) is 0 Å². The van der Waals surface area contributed by atoms with Crippen molar-refractivity contribution in [1.29, 1.82) is 0 Å². The molecule has 2 heterocycles. The molecule has 0 saturated heterocycles. The second kappa shape index (κ2) is 3.98. The topological polar surface area (TPSA) is 49.0 Å². The molecule has 0 aromatic carbocycles. The van der Waals surface area contributed by atoms with Gasteiger partial charge in [0.15, 0.2) is 0 Å². The third-order valence-electron chi connectivity index (χ3n) is 4.20. The highest BCUT2D eigenvalue weighted by Gasteiger charge is 2.64. The van der Waals surface area contributed by atoms with Gasteiger partial charge in [-0.3, -0.25) is 9.89 Å². The van der Waals surface area contributed by atoms with Gasteiger partial charge in [-0.15, -0.1) is 0 Å². The lowest BCUT2D eigenvalue weighted by molar-refractivity contribution is -0.241. The minimum atomic E-state index is -4.47. The van der Waals surface area contributed by atoms with Crippen LogP contribution in [0.15, 0.2) is 6.20 Å². The number of carbonyl (C=O) groups is 1. The number of aromatic nitrogens is 2. The molecule has 1 aromatic rings. The normalized spacial score (nSPS) is 21.7. The first-order valence-corrected chi connectivity index (χ1v) is 6.37. The molecule has 0 bridgehead atoms. The molecule has 3 rings (SSSR count). The van der Waals surface area contributed by atoms with Crippen LogP contribution in [0.3, 0.4) is 0 Å². The number of hydrogen-bond acceptors (Lipinski definition) is 2. The number of halogens is 3. The fourth-order valence-corrected chi connectivity index (χ4v) is 2.88. The molecule has 19 heavy (non-hydrogen) atoms. The van der Waals surface area contributed by atoms with Crippen molar-refractivity contribution in [2.45, 2.75) is 38.3 Å². The molecule has 0 unspecified atom stereocenters. The summed E-state index contributed by atoms with van der Waals surface area (Å²) < 4.78 is 39.6. The molecule has 0 radical (unpaired) electrons. The Labute approximate surface area is 108 Å². The van der Waals surface area contributed by atoms with E-state index in [1.165, 1.54) is 11.1 Å². The van der Waals surface area contributed by atoms with E-state index in [-0.39, 0.29) is 12.8 Å². The van der Waals surface area contributed by atoms with E-state index in [1.807, 2.05) is 0 Å². The van der Waals surface area contributed by atoms with Crippen molar-refractivity contribution in [3.8, 4) is 0 Å². The van der Waals surface area contributed by atoms with Gasteiger partial charge in [-0.05, 0) is 25.7 Å². The third-order valence-corrected chi connectivity index (χ3v) is 4.20. The quantitative estimate of drug-likeness (QED) is 0.854. The standard InChI is InChI=1S/C12H14F3N3O/c13-12(14,15)11(4-2-5-11)10(19)18-6-1-3-8-9(18)7-16-17-8/h7H,1-6H2,(H,16,17). The lowest BCUT2D eigenvalue weighted by Crippen LogP contribution is -2.57. The van der Waals surface area contributed by atoms with Crippen LogP contribution in [-0.2, 0) is 11.2 Å². The van der Waals surface area contributed by atoms with Gasteiger partial charge < -0.3 is 4.90 Å². The minimum absolute atomic E-state index is 0.0982. The Bertz CT molecular complexity index is 505. The van der Waals surface area contributed by atoms with E-state index in [4.69, 9.17) is 0 Å². The van der Waals surface area contributed by atoms with Gasteiger partial charge in [0, 0.05) is 6.54 Å². The van der Waals surface area contributed by atoms with E-state index in [1.54, 1.807) is 0 Å². The second-order valence-corrected chi connectivity index (χ2v) is 5.23. The van der Waals surface area contributed by atoms with Gasteiger partial charge in [-0.2, -0.15) is 18.3 Å². The maximum Gasteiger partial charge on any atom is 0.403 e. The first kappa shape index (κ1) is 12.5. The smallest absolute Gasteiger partial charge is 0.308 e. The van der Waals surface area contributed by atoms with Gasteiger partial charge in [0.05, 0.1) is 17.6 Å². The number of rotatable bonds is 1. The number of H-pyrrole nitrogens is 1. The zero-order valence-corrected chi connectivity index (χ0v) is 10.3. The van der Waals surface area contributed by atoms with E-state index in [0.29, 0.717) is 25.1 Å². The fraction of sp³-hybridized carbons (Fsp3) is 0.667. The number of anilines is 1. The molecule has 1 aliphatic carbocycles. The summed E-state index contributed by atoms with van der Waals surface area (Å²) in [5, 5.41) is 6.57. The van der Waals surface area contributed by atoms with Crippen molar-refractivity contribution in [3.63, 3.8) is 0 Å². The molecule has 0 spiro atoms. The summed E-state index contributed by atoms with van der Waals surface area (Å²) in [5.41, 5.74) is -0.915. The Hall–Kier alpha value is -1.53. The number of fused-ring (bicyclic) bond motifs is 1. The van der Waals surface area contributed by atoms with Crippen LogP contribution < -0.4 is 4.90 Å². The Morgan fingerprint density at radius 3 is 2.68 bits per heavy atom. The van der Waals surface area contributed by atoms with Crippen molar-refractivity contribution < 1.29 is 18.0 Å². The molecule has 1 aromatic heterocycles. The number of nitrogens with zero attached hydrogens (tertiary/aromatic N) is 2. The summed E-state index contributed by atoms with van der Waals surface area (Å²) in [7, 11) is 0. The minimum Gasteiger partial charge on any atom is -0.308 e. The number of alkyl halides is 3. The van der Waals surface area contributed by atoms with Gasteiger partial charge in [-0.1, -0.05) is 6.42 Å². The summed E-state index contributed by atoms with van der Waals surface area (Å²) in [6.07, 6.45) is -1.39. The van der Waals surface area contributed by atoms with Crippen LogP contribution in [0.2, 0.25) is 0 Å². The third kappa shape index (κ3) is 1.67. The highest BCUT2D eigenvalue weighted by atomic mass is 19.4. The Kier molecular flexibility index (Phi) is 2.62. The SMILES string of the molecule is O=C(N1CCCc2[nH]ncc21)C1(C(F)(F)F)CCC1. The molecule has 1 saturated carbocycles. The van der Waals surface area contributed by atoms with Crippen molar-refractivity contribution in [2.24, 2.45) is 5.41 Å². The van der Waals surface area contributed by atoms with Crippen LogP contribution in [-0.4, -0.2) is 28.8 Å². The van der Waals surface area contributed by atoms with E-state index in [0.717, 1.165) is 12.1 Å². The molecule has 1 N–H and O–H groups in total. The highest BCUT2D eigenvalue weighted by Crippen LogP contribution is 2.54. The lowest BCUT2D eigenvalue weighted by Gasteiger charge is -2.44. The van der Waals surface area contributed by atoms with Gasteiger partial charge >= 0.3 is 6.18 Å². The number of carbonyl (C=O) groups excluding carboxylic acids is 1. The van der Waals surface area contributed by atoms with Gasteiger partial charge in [-0.25, -0.2) is 0 Å². The number of hydrogen-bond donors (Lipinski definition) is 1. The average molecular weight is 273 g/mol. The molecular weight excluding hydrogens is 259 g/mol. The van der Waals surface area contributed by atoms with Crippen molar-refractivity contribution in [2.75, 3.05) is 11.4 Å². The largest absolute Gasteiger partial charge is 0.403 e. The number of nitrogens with one attached hydrogen (secondary N) is 1. The van der Waals surface area contributed by atoms with Gasteiger partial charge in [0.25, 0.3) is 0 Å². The van der Waals surface area contributed by atoms with Gasteiger partial charge in [0.2, 0.25) is 5.91 Å². The average Bonchev–Trinajstić information content (AvgIpc) is 2.72. The number of amides is 1. The second-order valence-electron chi connectivity index (χ2n) is 5.23. The molecule has 2 aliphatic rings. The lowest BCUT2D eigenvalue weighted by atomic mass is 9.67. The van der Waals surface area contributed by atoms with Crippen LogP contribution in [0.4, 0.5) is 18.9 Å². The Morgan fingerprint density at radius 1 is 1.37 bits per heavy atom. The predicted octanol–water partition coefficient (Wildman–Crippen LogP) is 2.42. The van der Waals surface area contributed by atoms with Crippen LogP contribution in [0.25, 0.3) is 0 Å². The summed E-state index contributed by atoms with van der Waals surface area (Å²) in [6.45, 7) is 0.337. The molecular formula is C12H14F3N3O. The van der Waals surface area contributed by atoms with Crippen molar-refractivity contribution in [3.05, 3.63) is 11.9 Å². The molecule has 0 atom stereocenters. The van der Waals surface area contributed by atoms with Crippen molar-refractivity contribution in [1.82, 2.24) is 10.2 Å². The van der Waals surface area contributed by atoms with Crippen molar-refractivity contribution >= 4 is 11.6 Å². The zero-order valence-electron chi connectivity index (χ0n) is 10.3. The molecule has 104 valence electrons. The molecule has 7 heteroatoms. The maximum absolute atomic E-state index is 13.2. The summed E-state index contributed by atoms with van der Waals surface area (Å²) in [6, 6.07) is 0. The number of aryl methyl sites for hydroxylation is 1. The van der Waals surface area contributed by atoms with E-state index in [2.05, 4.69) is 10.2 Å². The first-order chi connectivity index (χ1) is 8.96. The number of aromatic amines is 1. The molecule has 4 nitrogen and oxygen atoms in total. The zero-order chi connectivity index (χ0) is 13.7. The summed E-state index contributed by atoms with van der Waals surface area (Å²) in [4.78, 5) is 13.6. The Balaban J connectivity index is 1.94. The fourth-order valence-electron chi connectivity index (χ4n) is 2.88. The summed E-state index contributed by atoms with van der Waals surface area (Å²) >= 11 is 0. The molecule has 1 fully saturated rings. The van der Waals surface area contributed by atoms with E-state index < -0.39 is 17.5 Å². The predicted molar refractivity (Wildman–Crippen MR) is 61.6 cm³/mol. The van der Waals surface area contributed by atoms with Crippen LogP contribution in [0.1, 0.15) is 31.4 Å². The molecule has 1 amide bonds.